The van der Waals surface area contributed by atoms with Gasteiger partial charge >= 0.3 is 0 Å². The van der Waals surface area contributed by atoms with Crippen molar-refractivity contribution in [1.82, 2.24) is 5.32 Å². The van der Waals surface area contributed by atoms with E-state index in [0.29, 0.717) is 5.56 Å². The second-order valence-corrected chi connectivity index (χ2v) is 5.29. The van der Waals surface area contributed by atoms with E-state index in [0.717, 1.165) is 6.07 Å². The fourth-order valence-electron chi connectivity index (χ4n) is 2.27. The summed E-state index contributed by atoms with van der Waals surface area (Å²) in [5, 5.41) is 2.37. The Balaban J connectivity index is 2.25. The standard InChI is InChI=1S/C18H17FN2O4/c1-25-12-7-8-14(19)13(10-12)18(24)21-15(16(22)17(20)23)9-11-5-3-2-4-6-11/h2-8,10,15H,9H2,1H3,(H2,20,23)(H,21,24)/t15-/m0/s1. The first-order chi connectivity index (χ1) is 11.9. The Bertz CT molecular complexity index is 793. The highest BCUT2D eigenvalue weighted by Crippen LogP contribution is 2.17. The van der Waals surface area contributed by atoms with Gasteiger partial charge in [-0.2, -0.15) is 0 Å². The van der Waals surface area contributed by atoms with E-state index in [4.69, 9.17) is 10.5 Å². The lowest BCUT2D eigenvalue weighted by Crippen LogP contribution is -2.47. The first-order valence-corrected chi connectivity index (χ1v) is 7.44. The van der Waals surface area contributed by atoms with Gasteiger partial charge in [0.15, 0.2) is 0 Å². The quantitative estimate of drug-likeness (QED) is 0.738. The van der Waals surface area contributed by atoms with Crippen LogP contribution in [0, 0.1) is 5.82 Å². The van der Waals surface area contributed by atoms with Crippen molar-refractivity contribution in [2.75, 3.05) is 7.11 Å². The van der Waals surface area contributed by atoms with Crippen LogP contribution in [0.1, 0.15) is 15.9 Å². The monoisotopic (exact) mass is 344 g/mol. The molecular formula is C18H17FN2O4. The second kappa shape index (κ2) is 8.05. The number of ether oxygens (including phenoxy) is 1. The van der Waals surface area contributed by atoms with Crippen LogP contribution in [-0.2, 0) is 16.0 Å². The molecule has 2 amide bonds. The topological polar surface area (TPSA) is 98.5 Å². The van der Waals surface area contributed by atoms with Gasteiger partial charge in [0.25, 0.3) is 11.8 Å². The molecule has 0 unspecified atom stereocenters. The van der Waals surface area contributed by atoms with Crippen molar-refractivity contribution in [1.29, 1.82) is 0 Å². The number of ketones is 1. The number of halogens is 1. The lowest BCUT2D eigenvalue weighted by atomic mass is 10.0. The highest BCUT2D eigenvalue weighted by Gasteiger charge is 2.26. The molecule has 0 bridgehead atoms. The molecule has 0 spiro atoms. The Morgan fingerprint density at radius 1 is 1.16 bits per heavy atom. The number of methoxy groups -OCH3 is 1. The minimum atomic E-state index is -1.20. The molecule has 0 heterocycles. The molecular weight excluding hydrogens is 327 g/mol. The molecule has 25 heavy (non-hydrogen) atoms. The predicted octanol–water partition coefficient (Wildman–Crippen LogP) is 1.23. The van der Waals surface area contributed by atoms with Crippen LogP contribution in [-0.4, -0.2) is 30.7 Å². The summed E-state index contributed by atoms with van der Waals surface area (Å²) in [5.41, 5.74) is 5.47. The zero-order chi connectivity index (χ0) is 18.4. The minimum Gasteiger partial charge on any atom is -0.497 e. The van der Waals surface area contributed by atoms with Crippen molar-refractivity contribution < 1.29 is 23.5 Å². The number of hydrogen-bond acceptors (Lipinski definition) is 4. The molecule has 6 nitrogen and oxygen atoms in total. The van der Waals surface area contributed by atoms with Crippen molar-refractivity contribution in [3.63, 3.8) is 0 Å². The lowest BCUT2D eigenvalue weighted by Gasteiger charge is -2.17. The van der Waals surface area contributed by atoms with Gasteiger partial charge in [-0.15, -0.1) is 0 Å². The third-order valence-corrected chi connectivity index (χ3v) is 3.57. The number of hydrogen-bond donors (Lipinski definition) is 2. The van der Waals surface area contributed by atoms with Gasteiger partial charge in [-0.1, -0.05) is 30.3 Å². The van der Waals surface area contributed by atoms with Gasteiger partial charge in [-0.05, 0) is 23.8 Å². The van der Waals surface area contributed by atoms with E-state index in [9.17, 15) is 18.8 Å². The van der Waals surface area contributed by atoms with Crippen molar-refractivity contribution in [3.8, 4) is 5.75 Å². The third kappa shape index (κ3) is 4.63. The fraction of sp³-hybridized carbons (Fsp3) is 0.167. The smallest absolute Gasteiger partial charge is 0.287 e. The average molecular weight is 344 g/mol. The van der Waals surface area contributed by atoms with Gasteiger partial charge in [-0.3, -0.25) is 14.4 Å². The summed E-state index contributed by atoms with van der Waals surface area (Å²) >= 11 is 0. The molecule has 130 valence electrons. The fourth-order valence-corrected chi connectivity index (χ4v) is 2.27. The number of primary amides is 1. The average Bonchev–Trinajstić information content (AvgIpc) is 2.61. The van der Waals surface area contributed by atoms with Gasteiger partial charge < -0.3 is 15.8 Å². The number of amides is 2. The van der Waals surface area contributed by atoms with Crippen LogP contribution in [0.4, 0.5) is 4.39 Å². The van der Waals surface area contributed by atoms with Crippen LogP contribution in [0.25, 0.3) is 0 Å². The summed E-state index contributed by atoms with van der Waals surface area (Å²) in [6, 6.07) is 11.2. The van der Waals surface area contributed by atoms with Crippen LogP contribution in [0.5, 0.6) is 5.75 Å². The first-order valence-electron chi connectivity index (χ1n) is 7.44. The van der Waals surface area contributed by atoms with Crippen molar-refractivity contribution in [2.24, 2.45) is 5.73 Å². The number of nitrogens with two attached hydrogens (primary N) is 1. The van der Waals surface area contributed by atoms with E-state index in [-0.39, 0.29) is 17.7 Å². The van der Waals surface area contributed by atoms with Gasteiger partial charge in [0.2, 0.25) is 5.78 Å². The molecule has 0 fully saturated rings. The van der Waals surface area contributed by atoms with Crippen molar-refractivity contribution >= 4 is 17.6 Å². The maximum Gasteiger partial charge on any atom is 0.287 e. The normalized spacial score (nSPS) is 11.4. The zero-order valence-corrected chi connectivity index (χ0v) is 13.5. The Morgan fingerprint density at radius 3 is 2.44 bits per heavy atom. The number of carbonyl (C=O) groups is 3. The molecule has 2 aromatic rings. The summed E-state index contributed by atoms with van der Waals surface area (Å²) in [5.74, 6) is -3.46. The van der Waals surface area contributed by atoms with Crippen LogP contribution < -0.4 is 15.8 Å². The minimum absolute atomic E-state index is 0.0555. The number of nitrogens with one attached hydrogen (secondary N) is 1. The molecule has 0 saturated carbocycles. The molecule has 2 rings (SSSR count). The number of carbonyl (C=O) groups excluding carboxylic acids is 3. The Kier molecular flexibility index (Phi) is 5.84. The number of Topliss-reactive ketones (excluding diaryl/α,β-unsaturated/α-hetero) is 1. The van der Waals surface area contributed by atoms with E-state index in [1.807, 2.05) is 0 Å². The van der Waals surface area contributed by atoms with Crippen LogP contribution in [0.15, 0.2) is 48.5 Å². The van der Waals surface area contributed by atoms with Crippen LogP contribution in [0.2, 0.25) is 0 Å². The van der Waals surface area contributed by atoms with Crippen molar-refractivity contribution in [3.05, 3.63) is 65.5 Å². The Hall–Kier alpha value is -3.22. The Morgan fingerprint density at radius 2 is 1.84 bits per heavy atom. The van der Waals surface area contributed by atoms with E-state index in [1.54, 1.807) is 30.3 Å². The summed E-state index contributed by atoms with van der Waals surface area (Å²) < 4.78 is 18.9. The molecule has 0 aliphatic carbocycles. The summed E-state index contributed by atoms with van der Waals surface area (Å²) in [6.45, 7) is 0. The third-order valence-electron chi connectivity index (χ3n) is 3.57. The van der Waals surface area contributed by atoms with Gasteiger partial charge in [0.05, 0.1) is 12.7 Å². The molecule has 7 heteroatoms. The van der Waals surface area contributed by atoms with E-state index in [2.05, 4.69) is 5.32 Å². The molecule has 0 aliphatic rings. The number of rotatable bonds is 7. The predicted molar refractivity (Wildman–Crippen MR) is 88.6 cm³/mol. The van der Waals surface area contributed by atoms with Gasteiger partial charge in [0, 0.05) is 6.42 Å². The molecule has 0 aromatic heterocycles. The second-order valence-electron chi connectivity index (χ2n) is 5.29. The maximum absolute atomic E-state index is 13.9. The summed E-state index contributed by atoms with van der Waals surface area (Å²) in [6.07, 6.45) is 0.0555. The first kappa shape index (κ1) is 18.1. The molecule has 0 saturated heterocycles. The molecule has 1 atom stereocenters. The lowest BCUT2D eigenvalue weighted by molar-refractivity contribution is -0.137. The SMILES string of the molecule is COc1ccc(F)c(C(=O)N[C@@H](Cc2ccccc2)C(=O)C(N)=O)c1. The van der Waals surface area contributed by atoms with E-state index in [1.165, 1.54) is 19.2 Å². The van der Waals surface area contributed by atoms with Crippen molar-refractivity contribution in [2.45, 2.75) is 12.5 Å². The highest BCUT2D eigenvalue weighted by atomic mass is 19.1. The van der Waals surface area contributed by atoms with Gasteiger partial charge in [-0.25, -0.2) is 4.39 Å². The van der Waals surface area contributed by atoms with Crippen LogP contribution in [0.3, 0.4) is 0 Å². The summed E-state index contributed by atoms with van der Waals surface area (Å²) in [7, 11) is 1.38. The molecule has 2 aromatic carbocycles. The molecule has 0 aliphatic heterocycles. The van der Waals surface area contributed by atoms with Gasteiger partial charge in [0.1, 0.15) is 17.6 Å². The highest BCUT2D eigenvalue weighted by molar-refractivity contribution is 6.38. The van der Waals surface area contributed by atoms with E-state index < -0.39 is 29.5 Å². The summed E-state index contributed by atoms with van der Waals surface area (Å²) in [4.78, 5) is 35.6. The zero-order valence-electron chi connectivity index (χ0n) is 13.5. The molecule has 0 radical (unpaired) electrons. The Labute approximate surface area is 143 Å². The number of benzene rings is 2. The maximum atomic E-state index is 13.9. The van der Waals surface area contributed by atoms with Crippen LogP contribution >= 0.6 is 0 Å². The van der Waals surface area contributed by atoms with E-state index >= 15 is 0 Å². The molecule has 3 N–H and O–H groups in total. The largest absolute Gasteiger partial charge is 0.497 e.